The minimum atomic E-state index is -0.333. The van der Waals surface area contributed by atoms with Crippen LogP contribution in [0.2, 0.25) is 0 Å². The van der Waals surface area contributed by atoms with E-state index in [2.05, 4.69) is 10.1 Å². The molecule has 0 fully saturated rings. The van der Waals surface area contributed by atoms with Gasteiger partial charge in [-0.1, -0.05) is 12.1 Å². The maximum Gasteiger partial charge on any atom is 0.182 e. The monoisotopic (exact) mass is 241 g/mol. The van der Waals surface area contributed by atoms with Gasteiger partial charge in [-0.05, 0) is 24.3 Å². The molecule has 0 radical (unpaired) electrons. The number of halogens is 1. The van der Waals surface area contributed by atoms with Crippen molar-refractivity contribution in [2.45, 2.75) is 0 Å². The molecule has 0 aliphatic rings. The normalized spacial score (nSPS) is 10.7. The molecule has 0 aliphatic carbocycles. The number of hydrogen-bond donors (Lipinski definition) is 0. The van der Waals surface area contributed by atoms with E-state index in [0.29, 0.717) is 22.6 Å². The highest BCUT2D eigenvalue weighted by molar-refractivity contribution is 5.76. The third-order valence-corrected chi connectivity index (χ3v) is 2.58. The number of aldehydes is 1. The molecular weight excluding hydrogens is 233 g/mol. The molecule has 3 rings (SSSR count). The topological polar surface area (TPSA) is 47.3 Å². The van der Waals surface area contributed by atoms with E-state index in [0.717, 1.165) is 6.29 Å². The molecule has 18 heavy (non-hydrogen) atoms. The highest BCUT2D eigenvalue weighted by Crippen LogP contribution is 2.17. The molecule has 2 aromatic heterocycles. The lowest BCUT2D eigenvalue weighted by Gasteiger charge is -1.93. The lowest BCUT2D eigenvalue weighted by molar-refractivity contribution is 0.112. The lowest BCUT2D eigenvalue weighted by atomic mass is 10.2. The molecule has 0 amide bonds. The van der Waals surface area contributed by atoms with E-state index in [1.807, 2.05) is 0 Å². The minimum Gasteiger partial charge on any atom is -0.298 e. The van der Waals surface area contributed by atoms with Crippen LogP contribution in [0.1, 0.15) is 10.4 Å². The Kier molecular flexibility index (Phi) is 2.37. The first-order chi connectivity index (χ1) is 8.76. The molecule has 0 bridgehead atoms. The Balaban J connectivity index is 2.16. The van der Waals surface area contributed by atoms with Gasteiger partial charge in [0, 0.05) is 17.3 Å². The summed E-state index contributed by atoms with van der Waals surface area (Å²) in [5.74, 6) is 0.0949. The molecule has 0 saturated heterocycles. The first-order valence-corrected chi connectivity index (χ1v) is 5.34. The third-order valence-electron chi connectivity index (χ3n) is 2.58. The van der Waals surface area contributed by atoms with Gasteiger partial charge in [-0.25, -0.2) is 13.9 Å². The van der Waals surface area contributed by atoms with E-state index in [1.165, 1.54) is 12.1 Å². The van der Waals surface area contributed by atoms with Crippen LogP contribution in [0.15, 0.2) is 42.6 Å². The summed E-state index contributed by atoms with van der Waals surface area (Å²) in [5.41, 5.74) is 1.69. The van der Waals surface area contributed by atoms with Gasteiger partial charge in [0.1, 0.15) is 12.1 Å². The van der Waals surface area contributed by atoms with Crippen LogP contribution >= 0.6 is 0 Å². The van der Waals surface area contributed by atoms with Crippen molar-refractivity contribution in [1.29, 1.82) is 0 Å². The van der Waals surface area contributed by atoms with Crippen molar-refractivity contribution in [1.82, 2.24) is 14.6 Å². The maximum atomic E-state index is 13.1. The van der Waals surface area contributed by atoms with Crippen molar-refractivity contribution in [2.24, 2.45) is 0 Å². The summed E-state index contributed by atoms with van der Waals surface area (Å²) >= 11 is 0. The molecular formula is C13H8FN3O. The van der Waals surface area contributed by atoms with E-state index in [-0.39, 0.29) is 5.82 Å². The Labute approximate surface area is 102 Å². The summed E-state index contributed by atoms with van der Waals surface area (Å²) in [6.45, 7) is 0. The minimum absolute atomic E-state index is 0.333. The van der Waals surface area contributed by atoms with Crippen LogP contribution in [0.3, 0.4) is 0 Å². The predicted molar refractivity (Wildman–Crippen MR) is 63.8 cm³/mol. The fourth-order valence-electron chi connectivity index (χ4n) is 1.72. The summed E-state index contributed by atoms with van der Waals surface area (Å²) in [4.78, 5) is 14.9. The molecule has 0 N–H and O–H groups in total. The molecule has 1 aromatic carbocycles. The Morgan fingerprint density at radius 3 is 2.89 bits per heavy atom. The highest BCUT2D eigenvalue weighted by Gasteiger charge is 2.07. The van der Waals surface area contributed by atoms with Crippen LogP contribution in [0.5, 0.6) is 0 Å². The van der Waals surface area contributed by atoms with Crippen LogP contribution in [0.4, 0.5) is 4.39 Å². The zero-order valence-electron chi connectivity index (χ0n) is 9.25. The van der Waals surface area contributed by atoms with Crippen molar-refractivity contribution in [3.63, 3.8) is 0 Å². The van der Waals surface area contributed by atoms with Crippen molar-refractivity contribution in [3.8, 4) is 11.4 Å². The smallest absolute Gasteiger partial charge is 0.182 e. The van der Waals surface area contributed by atoms with E-state index >= 15 is 0 Å². The number of carbonyl (C=O) groups is 1. The molecule has 0 aliphatic heterocycles. The largest absolute Gasteiger partial charge is 0.298 e. The molecule has 4 nitrogen and oxygen atoms in total. The van der Waals surface area contributed by atoms with E-state index in [9.17, 15) is 9.18 Å². The van der Waals surface area contributed by atoms with Crippen LogP contribution in [-0.4, -0.2) is 20.9 Å². The third kappa shape index (κ3) is 1.75. The summed E-state index contributed by atoms with van der Waals surface area (Å²) in [6, 6.07) is 9.34. The molecule has 0 atom stereocenters. The summed E-state index contributed by atoms with van der Waals surface area (Å²) in [5, 5.41) is 4.22. The van der Waals surface area contributed by atoms with Gasteiger partial charge in [-0.3, -0.25) is 4.79 Å². The number of aromatic nitrogens is 3. The second-order valence-electron chi connectivity index (χ2n) is 3.83. The van der Waals surface area contributed by atoms with Crippen molar-refractivity contribution in [3.05, 3.63) is 54.0 Å². The van der Waals surface area contributed by atoms with Gasteiger partial charge in [-0.15, -0.1) is 5.10 Å². The summed E-state index contributed by atoms with van der Waals surface area (Å²) < 4.78 is 14.7. The quantitative estimate of drug-likeness (QED) is 0.647. The summed E-state index contributed by atoms with van der Waals surface area (Å²) in [7, 11) is 0. The molecule has 0 spiro atoms. The number of benzene rings is 1. The average molecular weight is 241 g/mol. The molecule has 0 unspecified atom stereocenters. The van der Waals surface area contributed by atoms with Crippen molar-refractivity contribution >= 4 is 11.9 Å². The van der Waals surface area contributed by atoms with Gasteiger partial charge in [0.25, 0.3) is 0 Å². The van der Waals surface area contributed by atoms with Gasteiger partial charge >= 0.3 is 0 Å². The van der Waals surface area contributed by atoms with Crippen LogP contribution in [0, 0.1) is 5.82 Å². The maximum absolute atomic E-state index is 13.1. The van der Waals surface area contributed by atoms with Crippen molar-refractivity contribution in [2.75, 3.05) is 0 Å². The Morgan fingerprint density at radius 2 is 2.11 bits per heavy atom. The number of nitrogens with zero attached hydrogens (tertiary/aromatic N) is 3. The van der Waals surface area contributed by atoms with Crippen LogP contribution < -0.4 is 0 Å². The molecule has 2 heterocycles. The van der Waals surface area contributed by atoms with Crippen LogP contribution in [-0.2, 0) is 0 Å². The number of pyridine rings is 1. The molecule has 3 aromatic rings. The number of fused-ring (bicyclic) bond motifs is 1. The summed E-state index contributed by atoms with van der Waals surface area (Å²) in [6.07, 6.45) is 2.39. The predicted octanol–water partition coefficient (Wildman–Crippen LogP) is 2.35. The van der Waals surface area contributed by atoms with Gasteiger partial charge in [0.15, 0.2) is 11.5 Å². The Morgan fingerprint density at radius 1 is 1.22 bits per heavy atom. The van der Waals surface area contributed by atoms with Gasteiger partial charge < -0.3 is 0 Å². The lowest BCUT2D eigenvalue weighted by Crippen LogP contribution is -1.88. The standard InChI is InChI=1S/C13H8FN3O/c14-11-3-1-2-10(7-11)13-15-12-6-9(8-18)4-5-17(12)16-13/h1-8H. The number of rotatable bonds is 2. The Hall–Kier alpha value is -2.56. The van der Waals surface area contributed by atoms with Crippen molar-refractivity contribution < 1.29 is 9.18 Å². The average Bonchev–Trinajstić information content (AvgIpc) is 2.81. The molecule has 88 valence electrons. The van der Waals surface area contributed by atoms with E-state index in [1.54, 1.807) is 35.0 Å². The molecule has 0 saturated carbocycles. The van der Waals surface area contributed by atoms with E-state index in [4.69, 9.17) is 0 Å². The highest BCUT2D eigenvalue weighted by atomic mass is 19.1. The first kappa shape index (κ1) is 10.6. The Bertz CT molecular complexity index is 736. The SMILES string of the molecule is O=Cc1ccn2nc(-c3cccc(F)c3)nc2c1. The van der Waals surface area contributed by atoms with Gasteiger partial charge in [0.2, 0.25) is 0 Å². The van der Waals surface area contributed by atoms with Gasteiger partial charge in [-0.2, -0.15) is 0 Å². The second-order valence-corrected chi connectivity index (χ2v) is 3.83. The first-order valence-electron chi connectivity index (χ1n) is 5.34. The second kappa shape index (κ2) is 4.03. The zero-order valence-corrected chi connectivity index (χ0v) is 9.25. The fraction of sp³-hybridized carbons (Fsp3) is 0. The van der Waals surface area contributed by atoms with Gasteiger partial charge in [0.05, 0.1) is 0 Å². The number of hydrogen-bond acceptors (Lipinski definition) is 3. The van der Waals surface area contributed by atoms with E-state index < -0.39 is 0 Å². The zero-order chi connectivity index (χ0) is 12.5. The molecule has 5 heteroatoms. The fourth-order valence-corrected chi connectivity index (χ4v) is 1.72. The number of carbonyl (C=O) groups excluding carboxylic acids is 1. The van der Waals surface area contributed by atoms with Crippen LogP contribution in [0.25, 0.3) is 17.0 Å².